The van der Waals surface area contributed by atoms with Gasteiger partial charge in [-0.2, -0.15) is 0 Å². The third-order valence-electron chi connectivity index (χ3n) is 3.03. The van der Waals surface area contributed by atoms with Crippen LogP contribution in [0.25, 0.3) is 10.6 Å². The van der Waals surface area contributed by atoms with Crippen molar-refractivity contribution in [3.05, 3.63) is 65.4 Å². The van der Waals surface area contributed by atoms with Crippen LogP contribution in [0.2, 0.25) is 0 Å². The van der Waals surface area contributed by atoms with E-state index in [0.29, 0.717) is 5.69 Å². The highest BCUT2D eigenvalue weighted by atomic mass is 32.1. The Bertz CT molecular complexity index is 816. The smallest absolute Gasteiger partial charge is 0.230 e. The van der Waals surface area contributed by atoms with Crippen molar-refractivity contribution < 1.29 is 13.6 Å². The minimum Gasteiger partial charge on any atom is -0.321 e. The number of rotatable bonds is 4. The number of hydrogen-bond acceptors (Lipinski definition) is 4. The molecule has 0 saturated carbocycles. The summed E-state index contributed by atoms with van der Waals surface area (Å²) in [5.41, 5.74) is 0.938. The summed E-state index contributed by atoms with van der Waals surface area (Å²) in [5.74, 6) is -2.16. The maximum Gasteiger partial charge on any atom is 0.230 e. The zero-order valence-electron chi connectivity index (χ0n) is 11.8. The van der Waals surface area contributed by atoms with Crippen LogP contribution in [0.1, 0.15) is 5.69 Å². The Hall–Kier alpha value is -2.67. The number of hydrogen-bond donors (Lipinski definition) is 1. The molecule has 0 aliphatic carbocycles. The van der Waals surface area contributed by atoms with Crippen molar-refractivity contribution in [1.82, 2.24) is 9.97 Å². The summed E-state index contributed by atoms with van der Waals surface area (Å²) in [4.78, 5) is 20.3. The predicted octanol–water partition coefficient (Wildman–Crippen LogP) is 3.66. The topological polar surface area (TPSA) is 54.9 Å². The first-order valence-electron chi connectivity index (χ1n) is 6.72. The summed E-state index contributed by atoms with van der Waals surface area (Å²) in [5, 5.41) is 4.71. The number of benzene rings is 1. The number of nitrogens with zero attached hydrogens (tertiary/aromatic N) is 2. The lowest BCUT2D eigenvalue weighted by Crippen LogP contribution is -2.16. The van der Waals surface area contributed by atoms with Crippen molar-refractivity contribution in [3.63, 3.8) is 0 Å². The van der Waals surface area contributed by atoms with Gasteiger partial charge in [-0.05, 0) is 24.3 Å². The van der Waals surface area contributed by atoms with Crippen molar-refractivity contribution in [2.24, 2.45) is 0 Å². The Balaban J connectivity index is 1.70. The number of para-hydroxylation sites is 1. The molecule has 3 rings (SSSR count). The molecular weight excluding hydrogens is 320 g/mol. The molecule has 7 heteroatoms. The molecule has 0 bridgehead atoms. The number of anilines is 1. The lowest BCUT2D eigenvalue weighted by Gasteiger charge is -2.06. The lowest BCUT2D eigenvalue weighted by molar-refractivity contribution is -0.115. The lowest BCUT2D eigenvalue weighted by atomic mass is 10.2. The molecule has 0 aliphatic rings. The van der Waals surface area contributed by atoms with Gasteiger partial charge in [-0.1, -0.05) is 6.07 Å². The summed E-state index contributed by atoms with van der Waals surface area (Å²) in [6.07, 6.45) is 3.27. The summed E-state index contributed by atoms with van der Waals surface area (Å²) < 4.78 is 27.0. The molecule has 0 spiro atoms. The number of aromatic nitrogens is 2. The van der Waals surface area contributed by atoms with Crippen LogP contribution in [-0.2, 0) is 11.2 Å². The molecule has 0 fully saturated rings. The molecule has 1 amide bonds. The average molecular weight is 331 g/mol. The van der Waals surface area contributed by atoms with Gasteiger partial charge in [0.15, 0.2) is 0 Å². The number of nitrogens with one attached hydrogen (secondary N) is 1. The first-order chi connectivity index (χ1) is 11.1. The van der Waals surface area contributed by atoms with E-state index >= 15 is 0 Å². The molecule has 1 aromatic carbocycles. The Morgan fingerprint density at radius 1 is 1.17 bits per heavy atom. The van der Waals surface area contributed by atoms with Crippen LogP contribution < -0.4 is 5.32 Å². The van der Waals surface area contributed by atoms with Crippen LogP contribution in [0.3, 0.4) is 0 Å². The number of halogens is 2. The third kappa shape index (κ3) is 3.57. The van der Waals surface area contributed by atoms with Crippen LogP contribution in [0.15, 0.2) is 48.1 Å². The van der Waals surface area contributed by atoms with E-state index in [1.807, 2.05) is 6.07 Å². The standard InChI is InChI=1S/C16H11F2N3OS/c17-12-4-1-5-13(18)15(12)21-14(22)7-11-9-23-16(20-11)10-3-2-6-19-8-10/h1-6,8-9H,7H2,(H,21,22). The Labute approximate surface area is 134 Å². The zero-order valence-corrected chi connectivity index (χ0v) is 12.6. The molecule has 0 aliphatic heterocycles. The normalized spacial score (nSPS) is 10.5. The highest BCUT2D eigenvalue weighted by Gasteiger charge is 2.14. The van der Waals surface area contributed by atoms with E-state index in [-0.39, 0.29) is 6.42 Å². The minimum absolute atomic E-state index is 0.0649. The summed E-state index contributed by atoms with van der Waals surface area (Å²) in [7, 11) is 0. The quantitative estimate of drug-likeness (QED) is 0.794. The van der Waals surface area contributed by atoms with Gasteiger partial charge in [-0.15, -0.1) is 11.3 Å². The molecular formula is C16H11F2N3OS. The molecule has 3 aromatic rings. The van der Waals surface area contributed by atoms with E-state index in [0.717, 1.165) is 22.7 Å². The molecule has 4 nitrogen and oxygen atoms in total. The molecule has 2 heterocycles. The average Bonchev–Trinajstić information content (AvgIpc) is 3.00. The predicted molar refractivity (Wildman–Crippen MR) is 84.0 cm³/mol. The monoisotopic (exact) mass is 331 g/mol. The van der Waals surface area contributed by atoms with Gasteiger partial charge in [0.25, 0.3) is 0 Å². The van der Waals surface area contributed by atoms with E-state index in [2.05, 4.69) is 15.3 Å². The van der Waals surface area contributed by atoms with Gasteiger partial charge in [0, 0.05) is 23.3 Å². The van der Waals surface area contributed by atoms with Crippen molar-refractivity contribution >= 4 is 22.9 Å². The molecule has 2 aromatic heterocycles. The zero-order chi connectivity index (χ0) is 16.2. The molecule has 0 atom stereocenters. The van der Waals surface area contributed by atoms with E-state index in [9.17, 15) is 13.6 Å². The molecule has 23 heavy (non-hydrogen) atoms. The molecule has 116 valence electrons. The second kappa shape index (κ2) is 6.62. The van der Waals surface area contributed by atoms with Gasteiger partial charge in [0.05, 0.1) is 12.1 Å². The fourth-order valence-electron chi connectivity index (χ4n) is 1.98. The summed E-state index contributed by atoms with van der Waals surface area (Å²) in [6, 6.07) is 7.07. The highest BCUT2D eigenvalue weighted by molar-refractivity contribution is 7.13. The van der Waals surface area contributed by atoms with E-state index in [4.69, 9.17) is 0 Å². The van der Waals surface area contributed by atoms with Crippen LogP contribution in [0, 0.1) is 11.6 Å². The van der Waals surface area contributed by atoms with Crippen LogP contribution in [-0.4, -0.2) is 15.9 Å². The van der Waals surface area contributed by atoms with Gasteiger partial charge >= 0.3 is 0 Å². The molecule has 0 saturated heterocycles. The van der Waals surface area contributed by atoms with Crippen molar-refractivity contribution in [3.8, 4) is 10.6 Å². The second-order valence-electron chi connectivity index (χ2n) is 4.71. The number of thiazole rings is 1. The van der Waals surface area contributed by atoms with E-state index in [1.165, 1.54) is 17.4 Å². The summed E-state index contributed by atoms with van der Waals surface area (Å²) in [6.45, 7) is 0. The maximum absolute atomic E-state index is 13.5. The number of carbonyl (C=O) groups excluding carboxylic acids is 1. The second-order valence-corrected chi connectivity index (χ2v) is 5.57. The van der Waals surface area contributed by atoms with Gasteiger partial charge in [-0.25, -0.2) is 13.8 Å². The largest absolute Gasteiger partial charge is 0.321 e. The first kappa shape index (κ1) is 15.2. The van der Waals surface area contributed by atoms with E-state index < -0.39 is 23.2 Å². The molecule has 0 unspecified atom stereocenters. The fraction of sp³-hybridized carbons (Fsp3) is 0.0625. The van der Waals surface area contributed by atoms with Crippen LogP contribution in [0.5, 0.6) is 0 Å². The molecule has 1 N–H and O–H groups in total. The highest BCUT2D eigenvalue weighted by Crippen LogP contribution is 2.23. The number of amides is 1. The Morgan fingerprint density at radius 3 is 2.65 bits per heavy atom. The van der Waals surface area contributed by atoms with Gasteiger partial charge in [0.1, 0.15) is 22.3 Å². The molecule has 0 radical (unpaired) electrons. The Morgan fingerprint density at radius 2 is 1.96 bits per heavy atom. The van der Waals surface area contributed by atoms with Gasteiger partial charge in [-0.3, -0.25) is 9.78 Å². The van der Waals surface area contributed by atoms with Crippen molar-refractivity contribution in [1.29, 1.82) is 0 Å². The fourth-order valence-corrected chi connectivity index (χ4v) is 2.79. The Kier molecular flexibility index (Phi) is 4.38. The van der Waals surface area contributed by atoms with E-state index in [1.54, 1.807) is 23.8 Å². The maximum atomic E-state index is 13.5. The van der Waals surface area contributed by atoms with Gasteiger partial charge < -0.3 is 5.32 Å². The number of pyridine rings is 1. The first-order valence-corrected chi connectivity index (χ1v) is 7.60. The van der Waals surface area contributed by atoms with Gasteiger partial charge in [0.2, 0.25) is 5.91 Å². The van der Waals surface area contributed by atoms with Crippen LogP contribution >= 0.6 is 11.3 Å². The van der Waals surface area contributed by atoms with Crippen molar-refractivity contribution in [2.45, 2.75) is 6.42 Å². The number of carbonyl (C=O) groups is 1. The SMILES string of the molecule is O=C(Cc1csc(-c2cccnc2)n1)Nc1c(F)cccc1F. The third-order valence-corrected chi connectivity index (χ3v) is 3.97. The van der Waals surface area contributed by atoms with Crippen molar-refractivity contribution in [2.75, 3.05) is 5.32 Å². The minimum atomic E-state index is -0.812. The van der Waals surface area contributed by atoms with Crippen LogP contribution in [0.4, 0.5) is 14.5 Å². The summed E-state index contributed by atoms with van der Waals surface area (Å²) >= 11 is 1.38.